The zero-order valence-electron chi connectivity index (χ0n) is 9.12. The summed E-state index contributed by atoms with van der Waals surface area (Å²) in [4.78, 5) is 13.1. The third-order valence-electron chi connectivity index (χ3n) is 3.11. The molecule has 0 aromatic heterocycles. The van der Waals surface area contributed by atoms with E-state index < -0.39 is 11.9 Å². The zero-order valence-corrected chi connectivity index (χ0v) is 9.12. The van der Waals surface area contributed by atoms with E-state index >= 15 is 0 Å². The lowest BCUT2D eigenvalue weighted by Crippen LogP contribution is -2.54. The summed E-state index contributed by atoms with van der Waals surface area (Å²) in [5.41, 5.74) is 11.0. The highest BCUT2D eigenvalue weighted by molar-refractivity contribution is 5.79. The monoisotopic (exact) mass is 199 g/mol. The van der Waals surface area contributed by atoms with Crippen LogP contribution >= 0.6 is 0 Å². The molecule has 1 atom stereocenters. The van der Waals surface area contributed by atoms with E-state index in [0.717, 1.165) is 6.54 Å². The topological polar surface area (TPSA) is 72.3 Å². The van der Waals surface area contributed by atoms with Crippen LogP contribution in [0.1, 0.15) is 33.1 Å². The van der Waals surface area contributed by atoms with E-state index in [1.807, 2.05) is 0 Å². The standard InChI is InChI=1S/C10H21N3O/c1-10(2)5-3-4-6-13(10)7-8(11)9(12)14/h8H,3-7,11H2,1-2H3,(H2,12,14). The van der Waals surface area contributed by atoms with Crippen LogP contribution in [0.2, 0.25) is 0 Å². The van der Waals surface area contributed by atoms with Gasteiger partial charge in [0, 0.05) is 12.1 Å². The average molecular weight is 199 g/mol. The van der Waals surface area contributed by atoms with Crippen LogP contribution in [-0.4, -0.2) is 35.5 Å². The van der Waals surface area contributed by atoms with Crippen molar-refractivity contribution >= 4 is 5.91 Å². The van der Waals surface area contributed by atoms with Crippen molar-refractivity contribution in [3.8, 4) is 0 Å². The first kappa shape index (κ1) is 11.5. The number of amides is 1. The van der Waals surface area contributed by atoms with E-state index in [2.05, 4.69) is 18.7 Å². The van der Waals surface area contributed by atoms with E-state index in [-0.39, 0.29) is 5.54 Å². The number of likely N-dealkylation sites (tertiary alicyclic amines) is 1. The van der Waals surface area contributed by atoms with Gasteiger partial charge in [-0.25, -0.2) is 0 Å². The van der Waals surface area contributed by atoms with Crippen LogP contribution in [0.3, 0.4) is 0 Å². The number of piperidine rings is 1. The first-order valence-corrected chi connectivity index (χ1v) is 5.23. The molecular formula is C10H21N3O. The Kier molecular flexibility index (Phi) is 3.50. The lowest BCUT2D eigenvalue weighted by molar-refractivity contribution is -0.120. The van der Waals surface area contributed by atoms with Crippen LogP contribution in [0.15, 0.2) is 0 Å². The average Bonchev–Trinajstić information content (AvgIpc) is 2.08. The molecule has 0 aliphatic carbocycles. The number of carbonyl (C=O) groups is 1. The Labute approximate surface area is 85.6 Å². The van der Waals surface area contributed by atoms with Crippen molar-refractivity contribution in [2.45, 2.75) is 44.7 Å². The maximum atomic E-state index is 10.9. The molecule has 14 heavy (non-hydrogen) atoms. The molecule has 1 aliphatic heterocycles. The lowest BCUT2D eigenvalue weighted by Gasteiger charge is -2.43. The molecule has 1 amide bonds. The highest BCUT2D eigenvalue weighted by Crippen LogP contribution is 2.26. The number of hydrogen-bond acceptors (Lipinski definition) is 3. The fourth-order valence-corrected chi connectivity index (χ4v) is 1.99. The van der Waals surface area contributed by atoms with Crippen molar-refractivity contribution in [2.24, 2.45) is 11.5 Å². The normalized spacial score (nSPS) is 24.5. The Morgan fingerprint density at radius 3 is 2.64 bits per heavy atom. The van der Waals surface area contributed by atoms with Gasteiger partial charge in [0.05, 0.1) is 6.04 Å². The summed E-state index contributed by atoms with van der Waals surface area (Å²) in [5, 5.41) is 0. The van der Waals surface area contributed by atoms with Crippen LogP contribution in [0.4, 0.5) is 0 Å². The quantitative estimate of drug-likeness (QED) is 0.675. The maximum absolute atomic E-state index is 10.9. The Morgan fingerprint density at radius 2 is 2.14 bits per heavy atom. The van der Waals surface area contributed by atoms with Crippen molar-refractivity contribution in [3.05, 3.63) is 0 Å². The molecule has 1 fully saturated rings. The van der Waals surface area contributed by atoms with Crippen molar-refractivity contribution in [2.75, 3.05) is 13.1 Å². The smallest absolute Gasteiger partial charge is 0.235 e. The molecule has 82 valence electrons. The number of hydrogen-bond donors (Lipinski definition) is 2. The van der Waals surface area contributed by atoms with Crippen molar-refractivity contribution in [1.82, 2.24) is 4.90 Å². The second-order valence-electron chi connectivity index (χ2n) is 4.72. The number of nitrogens with zero attached hydrogens (tertiary/aromatic N) is 1. The molecule has 0 aromatic rings. The van der Waals surface area contributed by atoms with Crippen molar-refractivity contribution in [3.63, 3.8) is 0 Å². The van der Waals surface area contributed by atoms with Gasteiger partial charge in [0.2, 0.25) is 5.91 Å². The number of nitrogens with two attached hydrogens (primary N) is 2. The van der Waals surface area contributed by atoms with Gasteiger partial charge in [-0.2, -0.15) is 0 Å². The predicted molar refractivity (Wildman–Crippen MR) is 56.7 cm³/mol. The predicted octanol–water partition coefficient (Wildman–Crippen LogP) is 0.0635. The van der Waals surface area contributed by atoms with Crippen LogP contribution in [0.25, 0.3) is 0 Å². The summed E-state index contributed by atoms with van der Waals surface area (Å²) in [6, 6.07) is -0.535. The fraction of sp³-hybridized carbons (Fsp3) is 0.900. The molecule has 0 bridgehead atoms. The minimum atomic E-state index is -0.535. The molecule has 1 rings (SSSR count). The summed E-state index contributed by atoms with van der Waals surface area (Å²) in [7, 11) is 0. The van der Waals surface area contributed by atoms with Crippen molar-refractivity contribution in [1.29, 1.82) is 0 Å². The van der Waals surface area contributed by atoms with Crippen LogP contribution in [0.5, 0.6) is 0 Å². The lowest BCUT2D eigenvalue weighted by atomic mass is 9.90. The van der Waals surface area contributed by atoms with Gasteiger partial charge >= 0.3 is 0 Å². The summed E-state index contributed by atoms with van der Waals surface area (Å²) in [6.45, 7) is 6.00. The van der Waals surface area contributed by atoms with Crippen molar-refractivity contribution < 1.29 is 4.79 Å². The van der Waals surface area contributed by atoms with Gasteiger partial charge in [-0.1, -0.05) is 6.42 Å². The third kappa shape index (κ3) is 2.69. The molecule has 4 heteroatoms. The Bertz CT molecular complexity index is 215. The van der Waals surface area contributed by atoms with Gasteiger partial charge in [0.15, 0.2) is 0 Å². The molecule has 1 aliphatic rings. The molecular weight excluding hydrogens is 178 g/mol. The minimum absolute atomic E-state index is 0.158. The van der Waals surface area contributed by atoms with Gasteiger partial charge in [0.25, 0.3) is 0 Å². The number of rotatable bonds is 3. The highest BCUT2D eigenvalue weighted by atomic mass is 16.1. The minimum Gasteiger partial charge on any atom is -0.368 e. The summed E-state index contributed by atoms with van der Waals surface area (Å²) < 4.78 is 0. The molecule has 4 nitrogen and oxygen atoms in total. The molecule has 1 saturated heterocycles. The van der Waals surface area contributed by atoms with Gasteiger partial charge < -0.3 is 11.5 Å². The fourth-order valence-electron chi connectivity index (χ4n) is 1.99. The van der Waals surface area contributed by atoms with Crippen LogP contribution in [0, 0.1) is 0 Å². The largest absolute Gasteiger partial charge is 0.368 e. The van der Waals surface area contributed by atoms with Gasteiger partial charge in [-0.3, -0.25) is 9.69 Å². The molecule has 1 heterocycles. The van der Waals surface area contributed by atoms with Gasteiger partial charge in [0.1, 0.15) is 0 Å². The molecule has 0 aromatic carbocycles. The Hall–Kier alpha value is -0.610. The SMILES string of the molecule is CC1(C)CCCCN1CC(N)C(N)=O. The van der Waals surface area contributed by atoms with E-state index in [4.69, 9.17) is 11.5 Å². The summed E-state index contributed by atoms with van der Waals surface area (Å²) >= 11 is 0. The Balaban J connectivity index is 2.53. The molecule has 0 radical (unpaired) electrons. The zero-order chi connectivity index (χ0) is 10.8. The van der Waals surface area contributed by atoms with Gasteiger partial charge in [-0.15, -0.1) is 0 Å². The first-order valence-electron chi connectivity index (χ1n) is 5.23. The van der Waals surface area contributed by atoms with E-state index in [1.54, 1.807) is 0 Å². The molecule has 0 spiro atoms. The van der Waals surface area contributed by atoms with Gasteiger partial charge in [-0.05, 0) is 33.2 Å². The second-order valence-corrected chi connectivity index (χ2v) is 4.72. The van der Waals surface area contributed by atoms with E-state index in [0.29, 0.717) is 6.54 Å². The number of carbonyl (C=O) groups excluding carboxylic acids is 1. The van der Waals surface area contributed by atoms with E-state index in [1.165, 1.54) is 19.3 Å². The number of primary amides is 1. The van der Waals surface area contributed by atoms with E-state index in [9.17, 15) is 4.79 Å². The third-order valence-corrected chi connectivity index (χ3v) is 3.11. The summed E-state index contributed by atoms with van der Waals surface area (Å²) in [6.07, 6.45) is 3.61. The van der Waals surface area contributed by atoms with Crippen LogP contribution < -0.4 is 11.5 Å². The second kappa shape index (κ2) is 4.28. The molecule has 0 saturated carbocycles. The summed E-state index contributed by atoms with van der Waals surface area (Å²) in [5.74, 6) is -0.411. The first-order chi connectivity index (χ1) is 6.43. The highest BCUT2D eigenvalue weighted by Gasteiger charge is 2.31. The molecule has 1 unspecified atom stereocenters. The maximum Gasteiger partial charge on any atom is 0.235 e. The Morgan fingerprint density at radius 1 is 1.50 bits per heavy atom. The molecule has 4 N–H and O–H groups in total. The van der Waals surface area contributed by atoms with Crippen LogP contribution in [-0.2, 0) is 4.79 Å².